The maximum Gasteiger partial charge on any atom is 0.245 e. The lowest BCUT2D eigenvalue weighted by molar-refractivity contribution is -0.137. The van der Waals surface area contributed by atoms with Gasteiger partial charge in [-0.1, -0.05) is 18.6 Å². The van der Waals surface area contributed by atoms with Crippen molar-refractivity contribution in [2.24, 2.45) is 5.92 Å². The van der Waals surface area contributed by atoms with Gasteiger partial charge in [0.25, 0.3) is 0 Å². The number of nitrogens with zero attached hydrogens (tertiary/aromatic N) is 1. The van der Waals surface area contributed by atoms with E-state index in [1.807, 2.05) is 17.0 Å². The van der Waals surface area contributed by atoms with Crippen LogP contribution in [0, 0.1) is 5.92 Å². The number of rotatable bonds is 4. The number of carbonyl (C=O) groups excluding carboxylic acids is 2. The van der Waals surface area contributed by atoms with Crippen molar-refractivity contribution in [3.8, 4) is 5.75 Å². The second-order valence-electron chi connectivity index (χ2n) is 7.19. The number of benzene rings is 1. The van der Waals surface area contributed by atoms with Gasteiger partial charge in [-0.2, -0.15) is 0 Å². The van der Waals surface area contributed by atoms with E-state index in [0.29, 0.717) is 12.3 Å². The van der Waals surface area contributed by atoms with Crippen molar-refractivity contribution >= 4 is 11.8 Å². The van der Waals surface area contributed by atoms with E-state index in [9.17, 15) is 9.59 Å². The Kier molecular flexibility index (Phi) is 5.95. The highest BCUT2D eigenvalue weighted by Gasteiger charge is 2.30. The quantitative estimate of drug-likeness (QED) is 0.913. The molecule has 1 aromatic rings. The molecule has 3 rings (SSSR count). The van der Waals surface area contributed by atoms with Gasteiger partial charge in [0.1, 0.15) is 11.8 Å². The Morgan fingerprint density at radius 3 is 2.80 bits per heavy atom. The van der Waals surface area contributed by atoms with E-state index in [1.54, 1.807) is 7.11 Å². The lowest BCUT2D eigenvalue weighted by Crippen LogP contribution is -2.50. The Bertz CT molecular complexity index is 609. The average molecular weight is 344 g/mol. The number of piperidine rings is 1. The first kappa shape index (κ1) is 17.8. The number of methoxy groups -OCH3 is 1. The van der Waals surface area contributed by atoms with Crippen LogP contribution in [0.15, 0.2) is 24.3 Å². The van der Waals surface area contributed by atoms with Gasteiger partial charge in [-0.3, -0.25) is 9.59 Å². The molecule has 1 N–H and O–H groups in total. The summed E-state index contributed by atoms with van der Waals surface area (Å²) in [6.07, 6.45) is 6.22. The minimum atomic E-state index is -0.315. The minimum Gasteiger partial charge on any atom is -0.497 e. The topological polar surface area (TPSA) is 58.6 Å². The predicted octanol–water partition coefficient (Wildman–Crippen LogP) is 2.54. The Hall–Kier alpha value is -2.04. The van der Waals surface area contributed by atoms with E-state index in [-0.39, 0.29) is 17.9 Å². The monoisotopic (exact) mass is 344 g/mol. The normalized spacial score (nSPS) is 22.2. The maximum absolute atomic E-state index is 12.7. The van der Waals surface area contributed by atoms with Gasteiger partial charge in [0, 0.05) is 19.5 Å². The highest BCUT2D eigenvalue weighted by Crippen LogP contribution is 2.24. The van der Waals surface area contributed by atoms with E-state index < -0.39 is 0 Å². The molecule has 2 fully saturated rings. The summed E-state index contributed by atoms with van der Waals surface area (Å²) in [6, 6.07) is 7.91. The summed E-state index contributed by atoms with van der Waals surface area (Å²) >= 11 is 0. The summed E-state index contributed by atoms with van der Waals surface area (Å²) in [6.45, 7) is 1.58. The first-order valence-electron chi connectivity index (χ1n) is 9.37. The summed E-state index contributed by atoms with van der Waals surface area (Å²) in [5.74, 6) is 1.62. The molecular weight excluding hydrogens is 316 g/mol. The van der Waals surface area contributed by atoms with Crippen LogP contribution in [0.25, 0.3) is 0 Å². The number of amides is 2. The summed E-state index contributed by atoms with van der Waals surface area (Å²) in [4.78, 5) is 26.3. The number of likely N-dealkylation sites (tertiary alicyclic amines) is 1. The number of nitrogens with one attached hydrogen (secondary N) is 1. The van der Waals surface area contributed by atoms with Gasteiger partial charge in [0.05, 0.1) is 7.11 Å². The molecule has 136 valence electrons. The molecular formula is C20H28N2O3. The van der Waals surface area contributed by atoms with E-state index in [2.05, 4.69) is 17.4 Å². The molecule has 0 saturated carbocycles. The van der Waals surface area contributed by atoms with Crippen molar-refractivity contribution < 1.29 is 14.3 Å². The molecule has 0 radical (unpaired) electrons. The van der Waals surface area contributed by atoms with E-state index in [0.717, 1.165) is 57.4 Å². The largest absolute Gasteiger partial charge is 0.497 e. The third kappa shape index (κ3) is 4.74. The van der Waals surface area contributed by atoms with Crippen molar-refractivity contribution in [2.45, 2.75) is 51.0 Å². The molecule has 2 amide bonds. The number of ether oxygens (including phenoxy) is 1. The molecule has 1 atom stereocenters. The number of hydrogen-bond acceptors (Lipinski definition) is 3. The van der Waals surface area contributed by atoms with Crippen LogP contribution in [-0.2, 0) is 16.0 Å². The summed E-state index contributed by atoms with van der Waals surface area (Å²) in [5.41, 5.74) is 1.29. The molecule has 2 aliphatic rings. The molecule has 5 nitrogen and oxygen atoms in total. The van der Waals surface area contributed by atoms with Crippen LogP contribution in [0.5, 0.6) is 5.75 Å². The van der Waals surface area contributed by atoms with E-state index >= 15 is 0 Å². The Morgan fingerprint density at radius 1 is 1.24 bits per heavy atom. The van der Waals surface area contributed by atoms with Gasteiger partial charge in [0.2, 0.25) is 11.8 Å². The molecule has 0 spiro atoms. The van der Waals surface area contributed by atoms with Crippen molar-refractivity contribution in [2.75, 3.05) is 20.2 Å². The fourth-order valence-electron chi connectivity index (χ4n) is 3.87. The molecule has 1 aromatic carbocycles. The molecule has 0 aliphatic carbocycles. The fourth-order valence-corrected chi connectivity index (χ4v) is 3.87. The third-order valence-corrected chi connectivity index (χ3v) is 5.36. The van der Waals surface area contributed by atoms with Gasteiger partial charge in [-0.25, -0.2) is 0 Å². The molecule has 2 aliphatic heterocycles. The van der Waals surface area contributed by atoms with Crippen LogP contribution in [0.2, 0.25) is 0 Å². The molecule has 0 aromatic heterocycles. The summed E-state index contributed by atoms with van der Waals surface area (Å²) in [7, 11) is 1.69. The third-order valence-electron chi connectivity index (χ3n) is 5.36. The van der Waals surface area contributed by atoms with Crippen LogP contribution in [0.1, 0.15) is 44.1 Å². The minimum absolute atomic E-state index is 0.0174. The second kappa shape index (κ2) is 8.37. The highest BCUT2D eigenvalue weighted by atomic mass is 16.5. The Balaban J connectivity index is 1.50. The van der Waals surface area contributed by atoms with Gasteiger partial charge < -0.3 is 15.0 Å². The molecule has 2 saturated heterocycles. The highest BCUT2D eigenvalue weighted by molar-refractivity contribution is 5.88. The lowest BCUT2D eigenvalue weighted by Gasteiger charge is -2.34. The van der Waals surface area contributed by atoms with E-state index in [4.69, 9.17) is 4.74 Å². The van der Waals surface area contributed by atoms with Crippen LogP contribution < -0.4 is 10.1 Å². The zero-order chi connectivity index (χ0) is 17.6. The molecule has 5 heteroatoms. The summed E-state index contributed by atoms with van der Waals surface area (Å²) in [5, 5.41) is 2.90. The zero-order valence-electron chi connectivity index (χ0n) is 15.0. The standard InChI is InChI=1S/C20H28N2O3/c1-25-17-6-4-5-16(14-17)13-15-9-11-22(12-10-15)20(24)18-7-2-3-8-19(23)21-18/h4-6,14-15,18H,2-3,7-13H2,1H3,(H,21,23)/t18-/m1/s1. The van der Waals surface area contributed by atoms with Gasteiger partial charge in [0.15, 0.2) is 0 Å². The van der Waals surface area contributed by atoms with Gasteiger partial charge in [-0.15, -0.1) is 0 Å². The Morgan fingerprint density at radius 2 is 2.04 bits per heavy atom. The fraction of sp³-hybridized carbons (Fsp3) is 0.600. The van der Waals surface area contributed by atoms with Gasteiger partial charge >= 0.3 is 0 Å². The van der Waals surface area contributed by atoms with Crippen molar-refractivity contribution in [1.29, 1.82) is 0 Å². The van der Waals surface area contributed by atoms with Crippen LogP contribution in [-0.4, -0.2) is 43.0 Å². The maximum atomic E-state index is 12.7. The second-order valence-corrected chi connectivity index (χ2v) is 7.19. The SMILES string of the molecule is COc1cccc(CC2CCN(C(=O)[C@H]3CCCCC(=O)N3)CC2)c1. The first-order valence-corrected chi connectivity index (χ1v) is 9.37. The average Bonchev–Trinajstić information content (AvgIpc) is 2.86. The van der Waals surface area contributed by atoms with Gasteiger partial charge in [-0.05, 0) is 55.7 Å². The van der Waals surface area contributed by atoms with Crippen molar-refractivity contribution in [1.82, 2.24) is 10.2 Å². The molecule has 25 heavy (non-hydrogen) atoms. The smallest absolute Gasteiger partial charge is 0.245 e. The van der Waals surface area contributed by atoms with Crippen molar-refractivity contribution in [3.05, 3.63) is 29.8 Å². The molecule has 2 heterocycles. The molecule has 0 bridgehead atoms. The van der Waals surface area contributed by atoms with E-state index in [1.165, 1.54) is 5.56 Å². The van der Waals surface area contributed by atoms with Crippen LogP contribution >= 0.6 is 0 Å². The van der Waals surface area contributed by atoms with Crippen LogP contribution in [0.3, 0.4) is 0 Å². The number of hydrogen-bond donors (Lipinski definition) is 1. The first-order chi connectivity index (χ1) is 12.2. The predicted molar refractivity (Wildman–Crippen MR) is 96.4 cm³/mol. The van der Waals surface area contributed by atoms with Crippen LogP contribution in [0.4, 0.5) is 0 Å². The lowest BCUT2D eigenvalue weighted by atomic mass is 9.90. The number of carbonyl (C=O) groups is 2. The Labute approximate surface area is 149 Å². The zero-order valence-corrected chi connectivity index (χ0v) is 15.0. The summed E-state index contributed by atoms with van der Waals surface area (Å²) < 4.78 is 5.29. The molecule has 0 unspecified atom stereocenters. The van der Waals surface area contributed by atoms with Crippen molar-refractivity contribution in [3.63, 3.8) is 0 Å².